The molecule has 1 N–H and O–H groups in total. The van der Waals surface area contributed by atoms with E-state index >= 15 is 0 Å². The summed E-state index contributed by atoms with van der Waals surface area (Å²) in [6.07, 6.45) is 6.14. The molecule has 0 radical (unpaired) electrons. The average molecular weight is 212 g/mol. The molecule has 1 fully saturated rings. The summed E-state index contributed by atoms with van der Waals surface area (Å²) < 4.78 is 5.46. The molecule has 3 rings (SSSR count). The Morgan fingerprint density at radius 1 is 1.36 bits per heavy atom. The molecule has 2 aliphatic carbocycles. The van der Waals surface area contributed by atoms with E-state index in [-0.39, 0.29) is 0 Å². The zero-order valence-corrected chi connectivity index (χ0v) is 8.81. The first kappa shape index (κ1) is 8.81. The van der Waals surface area contributed by atoms with E-state index in [1.165, 1.54) is 31.2 Å². The van der Waals surface area contributed by atoms with Crippen LogP contribution in [0.15, 0.2) is 10.5 Å². The Morgan fingerprint density at radius 2 is 2.21 bits per heavy atom. The van der Waals surface area contributed by atoms with Crippen molar-refractivity contribution in [3.05, 3.63) is 22.6 Å². The number of rotatable bonds is 2. The van der Waals surface area contributed by atoms with Crippen LogP contribution >= 0.6 is 11.6 Å². The summed E-state index contributed by atoms with van der Waals surface area (Å²) in [6, 6.07) is 3.22. The molecule has 1 atom stereocenters. The lowest BCUT2D eigenvalue weighted by atomic mass is 9.93. The van der Waals surface area contributed by atoms with Crippen LogP contribution in [0, 0.1) is 0 Å². The third kappa shape index (κ3) is 1.57. The minimum atomic E-state index is 0.488. The highest BCUT2D eigenvalue weighted by molar-refractivity contribution is 6.28. The molecule has 0 aromatic carbocycles. The number of hydrogen-bond donors (Lipinski definition) is 1. The van der Waals surface area contributed by atoms with Gasteiger partial charge in [0, 0.05) is 30.1 Å². The largest absolute Gasteiger partial charge is 0.449 e. The molecule has 3 heteroatoms. The molecular formula is C11H14ClNO. The van der Waals surface area contributed by atoms with Crippen molar-refractivity contribution in [2.45, 2.75) is 44.2 Å². The minimum absolute atomic E-state index is 0.488. The predicted octanol–water partition coefficient (Wildman–Crippen LogP) is 3.06. The van der Waals surface area contributed by atoms with Gasteiger partial charge < -0.3 is 9.73 Å². The van der Waals surface area contributed by atoms with E-state index in [1.807, 2.05) is 6.07 Å². The second-order valence-corrected chi connectivity index (χ2v) is 4.69. The van der Waals surface area contributed by atoms with Gasteiger partial charge in [0.25, 0.3) is 0 Å². The maximum Gasteiger partial charge on any atom is 0.193 e. The summed E-state index contributed by atoms with van der Waals surface area (Å²) in [4.78, 5) is 0. The third-order valence-corrected chi connectivity index (χ3v) is 3.28. The van der Waals surface area contributed by atoms with Crippen molar-refractivity contribution in [3.63, 3.8) is 0 Å². The fourth-order valence-corrected chi connectivity index (χ4v) is 2.44. The van der Waals surface area contributed by atoms with Crippen molar-refractivity contribution >= 4 is 11.6 Å². The van der Waals surface area contributed by atoms with E-state index in [1.54, 1.807) is 0 Å². The number of furan rings is 1. The third-order valence-electron chi connectivity index (χ3n) is 3.10. The molecule has 76 valence electrons. The molecule has 0 bridgehead atoms. The lowest BCUT2D eigenvalue weighted by Gasteiger charge is -2.22. The Bertz CT molecular complexity index is 343. The van der Waals surface area contributed by atoms with Gasteiger partial charge in [-0.2, -0.15) is 0 Å². The molecule has 2 nitrogen and oxygen atoms in total. The van der Waals surface area contributed by atoms with Crippen LogP contribution in [-0.4, -0.2) is 6.04 Å². The highest BCUT2D eigenvalue weighted by atomic mass is 35.5. The molecule has 2 aliphatic rings. The van der Waals surface area contributed by atoms with Crippen LogP contribution in [0.4, 0.5) is 0 Å². The van der Waals surface area contributed by atoms with Gasteiger partial charge >= 0.3 is 0 Å². The molecule has 0 spiro atoms. The minimum Gasteiger partial charge on any atom is -0.449 e. The standard InChI is InChI=1S/C11H14ClNO/c12-11-6-8-9(13-7-4-5-7)2-1-3-10(8)14-11/h6-7,9,13H,1-5H2. The highest BCUT2D eigenvalue weighted by Crippen LogP contribution is 2.36. The first-order valence-electron chi connectivity index (χ1n) is 5.37. The topological polar surface area (TPSA) is 25.2 Å². The summed E-state index contributed by atoms with van der Waals surface area (Å²) in [6.45, 7) is 0. The number of fused-ring (bicyclic) bond motifs is 1. The summed E-state index contributed by atoms with van der Waals surface area (Å²) in [5.41, 5.74) is 1.30. The molecule has 1 saturated carbocycles. The lowest BCUT2D eigenvalue weighted by molar-refractivity contribution is 0.410. The van der Waals surface area contributed by atoms with Crippen molar-refractivity contribution in [1.82, 2.24) is 5.32 Å². The zero-order valence-electron chi connectivity index (χ0n) is 8.05. The molecule has 1 aromatic heterocycles. The van der Waals surface area contributed by atoms with Gasteiger partial charge in [-0.05, 0) is 37.3 Å². The monoisotopic (exact) mass is 211 g/mol. The van der Waals surface area contributed by atoms with Crippen molar-refractivity contribution in [3.8, 4) is 0 Å². The van der Waals surface area contributed by atoms with E-state index < -0.39 is 0 Å². The lowest BCUT2D eigenvalue weighted by Crippen LogP contribution is -2.26. The maximum atomic E-state index is 5.87. The van der Waals surface area contributed by atoms with Crippen LogP contribution in [0.25, 0.3) is 0 Å². The Balaban J connectivity index is 1.85. The molecule has 0 saturated heterocycles. The second kappa shape index (κ2) is 3.28. The Kier molecular flexibility index (Phi) is 2.06. The second-order valence-electron chi connectivity index (χ2n) is 4.31. The van der Waals surface area contributed by atoms with E-state index in [4.69, 9.17) is 16.0 Å². The molecule has 1 aromatic rings. The zero-order chi connectivity index (χ0) is 9.54. The average Bonchev–Trinajstić information content (AvgIpc) is 2.87. The van der Waals surface area contributed by atoms with Gasteiger partial charge in [-0.3, -0.25) is 0 Å². The van der Waals surface area contributed by atoms with E-state index in [0.717, 1.165) is 18.2 Å². The first-order chi connectivity index (χ1) is 6.83. The number of hydrogen-bond acceptors (Lipinski definition) is 2. The van der Waals surface area contributed by atoms with E-state index in [9.17, 15) is 0 Å². The predicted molar refractivity (Wildman–Crippen MR) is 55.6 cm³/mol. The fraction of sp³-hybridized carbons (Fsp3) is 0.636. The summed E-state index contributed by atoms with van der Waals surface area (Å²) >= 11 is 5.87. The smallest absolute Gasteiger partial charge is 0.193 e. The van der Waals surface area contributed by atoms with Crippen LogP contribution in [0.1, 0.15) is 43.0 Å². The fourth-order valence-electron chi connectivity index (χ4n) is 2.23. The number of nitrogens with one attached hydrogen (secondary N) is 1. The van der Waals surface area contributed by atoms with E-state index in [2.05, 4.69) is 5.32 Å². The van der Waals surface area contributed by atoms with Gasteiger partial charge in [0.05, 0.1) is 0 Å². The SMILES string of the molecule is Clc1cc2c(o1)CCCC2NC1CC1. The summed E-state index contributed by atoms with van der Waals surface area (Å²) in [5, 5.41) is 4.18. The van der Waals surface area contributed by atoms with Crippen LogP contribution in [-0.2, 0) is 6.42 Å². The van der Waals surface area contributed by atoms with Gasteiger partial charge in [0.1, 0.15) is 5.76 Å². The van der Waals surface area contributed by atoms with Crippen molar-refractivity contribution in [2.24, 2.45) is 0 Å². The molecular weight excluding hydrogens is 198 g/mol. The van der Waals surface area contributed by atoms with Crippen molar-refractivity contribution in [1.29, 1.82) is 0 Å². The van der Waals surface area contributed by atoms with Gasteiger partial charge in [0.15, 0.2) is 5.22 Å². The Morgan fingerprint density at radius 3 is 3.00 bits per heavy atom. The normalized spacial score (nSPS) is 26.2. The summed E-state index contributed by atoms with van der Waals surface area (Å²) in [7, 11) is 0. The Hall–Kier alpha value is -0.470. The maximum absolute atomic E-state index is 5.87. The number of aryl methyl sites for hydroxylation is 1. The molecule has 0 amide bonds. The van der Waals surface area contributed by atoms with Crippen LogP contribution in [0.5, 0.6) is 0 Å². The van der Waals surface area contributed by atoms with Crippen LogP contribution in [0.2, 0.25) is 5.22 Å². The quantitative estimate of drug-likeness (QED) is 0.814. The summed E-state index contributed by atoms with van der Waals surface area (Å²) in [5.74, 6) is 1.10. The van der Waals surface area contributed by atoms with Crippen molar-refractivity contribution < 1.29 is 4.42 Å². The van der Waals surface area contributed by atoms with Crippen molar-refractivity contribution in [2.75, 3.05) is 0 Å². The van der Waals surface area contributed by atoms with Gasteiger partial charge in [-0.1, -0.05) is 0 Å². The molecule has 1 heterocycles. The first-order valence-corrected chi connectivity index (χ1v) is 5.75. The highest BCUT2D eigenvalue weighted by Gasteiger charge is 2.29. The van der Waals surface area contributed by atoms with Gasteiger partial charge in [-0.15, -0.1) is 0 Å². The van der Waals surface area contributed by atoms with E-state index in [0.29, 0.717) is 11.3 Å². The molecule has 0 aliphatic heterocycles. The number of halogens is 1. The van der Waals surface area contributed by atoms with Crippen LogP contribution in [0.3, 0.4) is 0 Å². The van der Waals surface area contributed by atoms with Gasteiger partial charge in [0.2, 0.25) is 0 Å². The van der Waals surface area contributed by atoms with Crippen LogP contribution < -0.4 is 5.32 Å². The van der Waals surface area contributed by atoms with Gasteiger partial charge in [-0.25, -0.2) is 0 Å². The molecule has 14 heavy (non-hydrogen) atoms. The Labute approximate surface area is 88.6 Å². The molecule has 1 unspecified atom stereocenters.